The van der Waals surface area contributed by atoms with Gasteiger partial charge in [0.2, 0.25) is 5.91 Å². The molecule has 0 aromatic heterocycles. The first-order valence-corrected chi connectivity index (χ1v) is 4.48. The highest BCUT2D eigenvalue weighted by molar-refractivity contribution is 5.94. The fourth-order valence-electron chi connectivity index (χ4n) is 1.45. The second-order valence-electron chi connectivity index (χ2n) is 3.07. The van der Waals surface area contributed by atoms with Crippen molar-refractivity contribution in [3.8, 4) is 24.7 Å². The van der Waals surface area contributed by atoms with E-state index >= 15 is 0 Å². The molecule has 0 unspecified atom stereocenters. The van der Waals surface area contributed by atoms with Crippen LogP contribution in [-0.2, 0) is 12.8 Å². The zero-order valence-electron chi connectivity index (χ0n) is 8.29. The monoisotopic (exact) mass is 197 g/mol. The first-order valence-electron chi connectivity index (χ1n) is 4.48. The highest BCUT2D eigenvalue weighted by Crippen LogP contribution is 2.15. The lowest BCUT2D eigenvalue weighted by atomic mass is 9.96. The van der Waals surface area contributed by atoms with Crippen LogP contribution in [0.2, 0.25) is 0 Å². The topological polar surface area (TPSA) is 43.1 Å². The molecule has 2 N–H and O–H groups in total. The number of hydrogen-bond acceptors (Lipinski definition) is 1. The number of carbonyl (C=O) groups excluding carboxylic acids is 1. The van der Waals surface area contributed by atoms with E-state index in [0.717, 1.165) is 11.1 Å². The highest BCUT2D eigenvalue weighted by Gasteiger charge is 2.10. The van der Waals surface area contributed by atoms with E-state index in [0.29, 0.717) is 18.4 Å². The minimum Gasteiger partial charge on any atom is -0.366 e. The van der Waals surface area contributed by atoms with Crippen molar-refractivity contribution in [2.45, 2.75) is 12.8 Å². The number of nitrogens with two attached hydrogens (primary N) is 1. The van der Waals surface area contributed by atoms with Crippen molar-refractivity contribution in [1.82, 2.24) is 0 Å². The molecule has 74 valence electrons. The van der Waals surface area contributed by atoms with Gasteiger partial charge in [-0.15, -0.1) is 24.7 Å². The average Bonchev–Trinajstić information content (AvgIpc) is 2.21. The van der Waals surface area contributed by atoms with Gasteiger partial charge in [0.25, 0.3) is 0 Å². The van der Waals surface area contributed by atoms with Crippen molar-refractivity contribution in [3.63, 3.8) is 0 Å². The van der Waals surface area contributed by atoms with E-state index in [1.807, 2.05) is 6.07 Å². The summed E-state index contributed by atoms with van der Waals surface area (Å²) < 4.78 is 0. The van der Waals surface area contributed by atoms with Crippen LogP contribution >= 0.6 is 0 Å². The van der Waals surface area contributed by atoms with Crippen LogP contribution in [0.5, 0.6) is 0 Å². The van der Waals surface area contributed by atoms with Gasteiger partial charge in [0.15, 0.2) is 0 Å². The summed E-state index contributed by atoms with van der Waals surface area (Å²) in [5, 5.41) is 0. The van der Waals surface area contributed by atoms with Crippen molar-refractivity contribution in [2.24, 2.45) is 5.73 Å². The molecule has 1 aromatic rings. The molecule has 1 aromatic carbocycles. The van der Waals surface area contributed by atoms with E-state index < -0.39 is 5.91 Å². The second kappa shape index (κ2) is 4.88. The summed E-state index contributed by atoms with van der Waals surface area (Å²) in [5.74, 6) is 4.56. The van der Waals surface area contributed by atoms with Gasteiger partial charge in [-0.1, -0.05) is 12.1 Å². The quantitative estimate of drug-likeness (QED) is 0.725. The normalized spacial score (nSPS) is 8.93. The lowest BCUT2D eigenvalue weighted by molar-refractivity contribution is 0.0999. The zero-order chi connectivity index (χ0) is 11.3. The van der Waals surface area contributed by atoms with Gasteiger partial charge in [0.05, 0.1) is 0 Å². The number of amides is 1. The van der Waals surface area contributed by atoms with Gasteiger partial charge < -0.3 is 5.73 Å². The van der Waals surface area contributed by atoms with E-state index in [2.05, 4.69) is 11.8 Å². The molecule has 1 rings (SSSR count). The Morgan fingerprint density at radius 2 is 1.93 bits per heavy atom. The molecule has 1 amide bonds. The smallest absolute Gasteiger partial charge is 0.249 e. The molecule has 0 bridgehead atoms. The van der Waals surface area contributed by atoms with Crippen LogP contribution in [-0.4, -0.2) is 5.91 Å². The van der Waals surface area contributed by atoms with E-state index in [1.165, 1.54) is 0 Å². The summed E-state index contributed by atoms with van der Waals surface area (Å²) in [5.41, 5.74) is 7.37. The largest absolute Gasteiger partial charge is 0.366 e. The number of benzene rings is 1. The third-order valence-electron chi connectivity index (χ3n) is 2.11. The number of terminal acetylenes is 2. The van der Waals surface area contributed by atoms with Gasteiger partial charge in [-0.3, -0.25) is 4.79 Å². The Kier molecular flexibility index (Phi) is 3.55. The molecule has 0 saturated heterocycles. The summed E-state index contributed by atoms with van der Waals surface area (Å²) >= 11 is 0. The first kappa shape index (κ1) is 10.9. The van der Waals surface area contributed by atoms with Crippen LogP contribution in [0.25, 0.3) is 0 Å². The number of hydrogen-bond donors (Lipinski definition) is 1. The summed E-state index contributed by atoms with van der Waals surface area (Å²) in [6.07, 6.45) is 11.3. The van der Waals surface area contributed by atoms with E-state index in [1.54, 1.807) is 12.1 Å². The van der Waals surface area contributed by atoms with E-state index in [4.69, 9.17) is 18.6 Å². The fourth-order valence-corrected chi connectivity index (χ4v) is 1.45. The third kappa shape index (κ3) is 2.39. The molecule has 0 atom stereocenters. The molecule has 0 fully saturated rings. The second-order valence-corrected chi connectivity index (χ2v) is 3.07. The van der Waals surface area contributed by atoms with Gasteiger partial charge >= 0.3 is 0 Å². The maximum Gasteiger partial charge on any atom is 0.249 e. The molecule has 2 heteroatoms. The Morgan fingerprint density at radius 1 is 1.27 bits per heavy atom. The van der Waals surface area contributed by atoms with Crippen molar-refractivity contribution in [2.75, 3.05) is 0 Å². The van der Waals surface area contributed by atoms with Crippen LogP contribution in [0.15, 0.2) is 18.2 Å². The van der Waals surface area contributed by atoms with Crippen molar-refractivity contribution in [1.29, 1.82) is 0 Å². The van der Waals surface area contributed by atoms with Crippen molar-refractivity contribution < 1.29 is 4.79 Å². The fraction of sp³-hybridized carbons (Fsp3) is 0.154. The molecule has 0 heterocycles. The van der Waals surface area contributed by atoms with E-state index in [9.17, 15) is 4.79 Å². The average molecular weight is 197 g/mol. The SMILES string of the molecule is C#CCc1cccc(C(N)=O)c1CC#C. The summed E-state index contributed by atoms with van der Waals surface area (Å²) in [6.45, 7) is 0. The lowest BCUT2D eigenvalue weighted by Gasteiger charge is -2.08. The number of rotatable bonds is 3. The minimum absolute atomic E-state index is 0.371. The molecular weight excluding hydrogens is 186 g/mol. The third-order valence-corrected chi connectivity index (χ3v) is 2.11. The molecule has 0 saturated carbocycles. The maximum atomic E-state index is 11.2. The summed E-state index contributed by atoms with van der Waals surface area (Å²) in [4.78, 5) is 11.2. The van der Waals surface area contributed by atoms with Crippen LogP contribution in [0.1, 0.15) is 21.5 Å². The van der Waals surface area contributed by atoms with Gasteiger partial charge in [-0.25, -0.2) is 0 Å². The summed E-state index contributed by atoms with van der Waals surface area (Å²) in [7, 11) is 0. The van der Waals surface area contributed by atoms with Crippen LogP contribution in [0, 0.1) is 24.7 Å². The number of carbonyl (C=O) groups is 1. The molecule has 0 aliphatic carbocycles. The Hall–Kier alpha value is -2.19. The molecular formula is C13H11NO. The Labute approximate surface area is 89.5 Å². The van der Waals surface area contributed by atoms with Gasteiger partial charge in [0.1, 0.15) is 0 Å². The standard InChI is InChI=1S/C13H11NO/c1-3-6-10-8-5-9-12(13(14)15)11(10)7-4-2/h1-2,5,8-9H,6-7H2,(H2,14,15). The van der Waals surface area contributed by atoms with Crippen LogP contribution in [0.3, 0.4) is 0 Å². The zero-order valence-corrected chi connectivity index (χ0v) is 8.29. The molecule has 15 heavy (non-hydrogen) atoms. The Bertz CT molecular complexity index is 460. The van der Waals surface area contributed by atoms with Crippen molar-refractivity contribution >= 4 is 5.91 Å². The lowest BCUT2D eigenvalue weighted by Crippen LogP contribution is -2.14. The van der Waals surface area contributed by atoms with Gasteiger partial charge in [-0.05, 0) is 17.2 Å². The van der Waals surface area contributed by atoms with Gasteiger partial charge in [-0.2, -0.15) is 0 Å². The Morgan fingerprint density at radius 3 is 2.47 bits per heavy atom. The predicted octanol–water partition coefficient (Wildman–Crippen LogP) is 1.14. The van der Waals surface area contributed by atoms with Crippen molar-refractivity contribution in [3.05, 3.63) is 34.9 Å². The molecule has 2 nitrogen and oxygen atoms in total. The number of primary amides is 1. The summed E-state index contributed by atoms with van der Waals surface area (Å²) in [6, 6.07) is 5.28. The maximum absolute atomic E-state index is 11.2. The van der Waals surface area contributed by atoms with E-state index in [-0.39, 0.29) is 0 Å². The minimum atomic E-state index is -0.473. The predicted molar refractivity (Wildman–Crippen MR) is 60.0 cm³/mol. The molecule has 0 aliphatic rings. The molecule has 0 aliphatic heterocycles. The Balaban J connectivity index is 3.30. The van der Waals surface area contributed by atoms with Gasteiger partial charge in [0, 0.05) is 18.4 Å². The highest BCUT2D eigenvalue weighted by atomic mass is 16.1. The molecule has 0 radical (unpaired) electrons. The molecule has 0 spiro atoms. The van der Waals surface area contributed by atoms with Crippen LogP contribution in [0.4, 0.5) is 0 Å². The van der Waals surface area contributed by atoms with Crippen LogP contribution < -0.4 is 5.73 Å². The first-order chi connectivity index (χ1) is 7.20.